The second-order valence-corrected chi connectivity index (χ2v) is 7.70. The van der Waals surface area contributed by atoms with Crippen LogP contribution >= 0.6 is 0 Å². The van der Waals surface area contributed by atoms with Gasteiger partial charge in [-0.2, -0.15) is 0 Å². The van der Waals surface area contributed by atoms with E-state index in [9.17, 15) is 9.59 Å². The molecule has 5 unspecified atom stereocenters. The molecular weight excluding hydrogens is 324 g/mol. The Kier molecular flexibility index (Phi) is 3.59. The lowest BCUT2D eigenvalue weighted by Gasteiger charge is -2.51. The minimum absolute atomic E-state index is 0.0225. The summed E-state index contributed by atoms with van der Waals surface area (Å²) in [6.45, 7) is 0. The Labute approximate surface area is 153 Å². The molecule has 0 bridgehead atoms. The van der Waals surface area contributed by atoms with Crippen LogP contribution in [0.5, 0.6) is 0 Å². The quantitative estimate of drug-likeness (QED) is 0.877. The van der Waals surface area contributed by atoms with Crippen LogP contribution in [-0.4, -0.2) is 23.8 Å². The molecule has 5 atom stereocenters. The average Bonchev–Trinajstić information content (AvgIpc) is 2.68. The van der Waals surface area contributed by atoms with Crippen molar-refractivity contribution in [2.75, 3.05) is 5.32 Å². The number of para-hydroxylation sites is 1. The zero-order chi connectivity index (χ0) is 17.7. The second-order valence-electron chi connectivity index (χ2n) is 7.70. The molecule has 2 aliphatic carbocycles. The molecule has 0 spiro atoms. The molecule has 5 rings (SSSR count). The first-order chi connectivity index (χ1) is 12.7. The normalized spacial score (nSPS) is 32.2. The topological polar surface area (TPSA) is 58.2 Å². The third-order valence-electron chi connectivity index (χ3n) is 6.36. The summed E-state index contributed by atoms with van der Waals surface area (Å²) in [6.07, 6.45) is 2.90. The Morgan fingerprint density at radius 2 is 1.69 bits per heavy atom. The van der Waals surface area contributed by atoms with Gasteiger partial charge < -0.3 is 10.6 Å². The summed E-state index contributed by atoms with van der Waals surface area (Å²) in [4.78, 5) is 26.1. The van der Waals surface area contributed by atoms with Crippen LogP contribution in [0.15, 0.2) is 54.6 Å². The number of amides is 1. The molecule has 1 aliphatic heterocycles. The van der Waals surface area contributed by atoms with Gasteiger partial charge >= 0.3 is 0 Å². The number of piperidine rings is 1. The van der Waals surface area contributed by atoms with Crippen molar-refractivity contribution in [3.05, 3.63) is 65.7 Å². The van der Waals surface area contributed by atoms with Crippen LogP contribution in [-0.2, 0) is 4.79 Å². The third kappa shape index (κ3) is 2.28. The van der Waals surface area contributed by atoms with E-state index >= 15 is 0 Å². The molecule has 3 aliphatic rings. The molecule has 2 fully saturated rings. The number of nitrogens with one attached hydrogen (secondary N) is 2. The number of anilines is 1. The molecule has 1 saturated carbocycles. The fourth-order valence-corrected chi connectivity index (χ4v) is 5.32. The SMILES string of the molecule is O=C1c2ccccc2C2C(Nc3ccccc3)C(=O)NC3CCCC1C32. The Morgan fingerprint density at radius 3 is 2.54 bits per heavy atom. The lowest BCUT2D eigenvalue weighted by atomic mass is 9.57. The number of benzene rings is 2. The van der Waals surface area contributed by atoms with Crippen molar-refractivity contribution in [2.45, 2.75) is 37.3 Å². The highest BCUT2D eigenvalue weighted by Gasteiger charge is 2.54. The van der Waals surface area contributed by atoms with Crippen LogP contribution in [0.25, 0.3) is 0 Å². The van der Waals surface area contributed by atoms with Crippen LogP contribution < -0.4 is 10.6 Å². The average molecular weight is 346 g/mol. The smallest absolute Gasteiger partial charge is 0.243 e. The van der Waals surface area contributed by atoms with E-state index in [0.717, 1.165) is 36.1 Å². The van der Waals surface area contributed by atoms with Crippen molar-refractivity contribution in [1.29, 1.82) is 0 Å². The molecule has 0 aromatic heterocycles. The van der Waals surface area contributed by atoms with E-state index in [-0.39, 0.29) is 41.5 Å². The maximum absolute atomic E-state index is 13.1. The Bertz CT molecular complexity index is 863. The maximum atomic E-state index is 13.1. The maximum Gasteiger partial charge on any atom is 0.243 e. The van der Waals surface area contributed by atoms with Crippen molar-refractivity contribution in [3.63, 3.8) is 0 Å². The van der Waals surface area contributed by atoms with Crippen molar-refractivity contribution < 1.29 is 9.59 Å². The van der Waals surface area contributed by atoms with Crippen LogP contribution in [0.2, 0.25) is 0 Å². The lowest BCUT2D eigenvalue weighted by molar-refractivity contribution is -0.127. The summed E-state index contributed by atoms with van der Waals surface area (Å²) in [7, 11) is 0. The predicted octanol–water partition coefficient (Wildman–Crippen LogP) is 3.36. The van der Waals surface area contributed by atoms with Gasteiger partial charge in [-0.15, -0.1) is 0 Å². The van der Waals surface area contributed by atoms with Crippen molar-refractivity contribution >= 4 is 17.4 Å². The first-order valence-corrected chi connectivity index (χ1v) is 9.49. The third-order valence-corrected chi connectivity index (χ3v) is 6.36. The molecular formula is C22H22N2O2. The summed E-state index contributed by atoms with van der Waals surface area (Å²) >= 11 is 0. The van der Waals surface area contributed by atoms with E-state index in [1.807, 2.05) is 54.6 Å². The number of hydrogen-bond acceptors (Lipinski definition) is 3. The first kappa shape index (κ1) is 15.6. The van der Waals surface area contributed by atoms with Gasteiger partial charge in [0.15, 0.2) is 5.78 Å². The van der Waals surface area contributed by atoms with Gasteiger partial charge in [0.05, 0.1) is 0 Å². The summed E-state index contributed by atoms with van der Waals surface area (Å²) in [6, 6.07) is 17.5. The van der Waals surface area contributed by atoms with Gasteiger partial charge in [-0.1, -0.05) is 48.9 Å². The largest absolute Gasteiger partial charge is 0.373 e. The van der Waals surface area contributed by atoms with Crippen LogP contribution in [0.4, 0.5) is 5.69 Å². The molecule has 1 saturated heterocycles. The van der Waals surface area contributed by atoms with Gasteiger partial charge in [0.25, 0.3) is 0 Å². The van der Waals surface area contributed by atoms with E-state index in [1.54, 1.807) is 0 Å². The van der Waals surface area contributed by atoms with E-state index < -0.39 is 0 Å². The fraction of sp³-hybridized carbons (Fsp3) is 0.364. The molecule has 4 heteroatoms. The molecule has 2 aromatic rings. The zero-order valence-electron chi connectivity index (χ0n) is 14.5. The number of hydrogen-bond donors (Lipinski definition) is 2. The Balaban J connectivity index is 1.62. The number of Topliss-reactive ketones (excluding diaryl/α,β-unsaturated/α-hetero) is 1. The summed E-state index contributed by atoms with van der Waals surface area (Å²) in [5.74, 6) is 0.554. The molecule has 26 heavy (non-hydrogen) atoms. The fourth-order valence-electron chi connectivity index (χ4n) is 5.32. The second kappa shape index (κ2) is 5.97. The Hall–Kier alpha value is -2.62. The minimum atomic E-state index is -0.353. The summed E-state index contributed by atoms with van der Waals surface area (Å²) in [5.41, 5.74) is 2.79. The van der Waals surface area contributed by atoms with Gasteiger partial charge in [0.1, 0.15) is 6.04 Å². The van der Waals surface area contributed by atoms with Crippen LogP contribution in [0.1, 0.15) is 41.1 Å². The first-order valence-electron chi connectivity index (χ1n) is 9.49. The molecule has 2 N–H and O–H groups in total. The predicted molar refractivity (Wildman–Crippen MR) is 100 cm³/mol. The molecule has 2 aromatic carbocycles. The van der Waals surface area contributed by atoms with Gasteiger partial charge in [-0.25, -0.2) is 0 Å². The van der Waals surface area contributed by atoms with Gasteiger partial charge in [-0.05, 0) is 36.5 Å². The monoisotopic (exact) mass is 346 g/mol. The van der Waals surface area contributed by atoms with Gasteiger partial charge in [0.2, 0.25) is 5.91 Å². The standard InChI is InChI=1S/C22H22N2O2/c25-21-15-10-5-4-9-14(15)19-18-16(21)11-6-12-17(18)24-22(26)20(19)23-13-7-2-1-3-8-13/h1-5,7-10,16-20,23H,6,11-12H2,(H,24,26). The van der Waals surface area contributed by atoms with Crippen molar-refractivity contribution in [3.8, 4) is 0 Å². The van der Waals surface area contributed by atoms with Crippen molar-refractivity contribution in [1.82, 2.24) is 5.32 Å². The molecule has 132 valence electrons. The molecule has 0 radical (unpaired) electrons. The highest BCUT2D eigenvalue weighted by atomic mass is 16.2. The summed E-state index contributed by atoms with van der Waals surface area (Å²) in [5, 5.41) is 6.67. The van der Waals surface area contributed by atoms with E-state index in [4.69, 9.17) is 0 Å². The lowest BCUT2D eigenvalue weighted by Crippen LogP contribution is -2.63. The highest BCUT2D eigenvalue weighted by Crippen LogP contribution is 2.50. The van der Waals surface area contributed by atoms with Crippen LogP contribution in [0.3, 0.4) is 0 Å². The van der Waals surface area contributed by atoms with Gasteiger partial charge in [-0.3, -0.25) is 9.59 Å². The number of fused-ring (bicyclic) bond motifs is 2. The molecule has 4 nitrogen and oxygen atoms in total. The zero-order valence-corrected chi connectivity index (χ0v) is 14.5. The Morgan fingerprint density at radius 1 is 0.923 bits per heavy atom. The summed E-state index contributed by atoms with van der Waals surface area (Å²) < 4.78 is 0. The molecule has 1 heterocycles. The van der Waals surface area contributed by atoms with E-state index in [2.05, 4.69) is 10.6 Å². The highest BCUT2D eigenvalue weighted by molar-refractivity contribution is 6.02. The number of carbonyl (C=O) groups excluding carboxylic acids is 2. The number of ketones is 1. The van der Waals surface area contributed by atoms with Crippen molar-refractivity contribution in [2.24, 2.45) is 11.8 Å². The van der Waals surface area contributed by atoms with Crippen LogP contribution in [0, 0.1) is 11.8 Å². The van der Waals surface area contributed by atoms with Gasteiger partial charge in [0, 0.05) is 29.1 Å². The number of rotatable bonds is 2. The molecule has 1 amide bonds. The van der Waals surface area contributed by atoms with E-state index in [0.29, 0.717) is 0 Å². The number of carbonyl (C=O) groups is 2. The minimum Gasteiger partial charge on any atom is -0.373 e. The van der Waals surface area contributed by atoms with E-state index in [1.165, 1.54) is 0 Å².